The maximum Gasteiger partial charge on any atom is 0.274 e. The quantitative estimate of drug-likeness (QED) is 0.628. The molecule has 6 heteroatoms. The fourth-order valence-corrected chi connectivity index (χ4v) is 4.52. The zero-order chi connectivity index (χ0) is 22.0. The number of hydrogen-bond donors (Lipinski definition) is 2. The van der Waals surface area contributed by atoms with E-state index in [-0.39, 0.29) is 18.1 Å². The van der Waals surface area contributed by atoms with Crippen LogP contribution in [0.3, 0.4) is 0 Å². The van der Waals surface area contributed by atoms with Crippen molar-refractivity contribution in [3.8, 4) is 11.1 Å². The summed E-state index contributed by atoms with van der Waals surface area (Å²) in [7, 11) is 1.88. The Hall–Kier alpha value is -2.86. The predicted octanol–water partition coefficient (Wildman–Crippen LogP) is 4.16. The normalized spacial score (nSPS) is 19.4. The number of hydrogen-bond acceptors (Lipinski definition) is 4. The first-order valence-electron chi connectivity index (χ1n) is 11.1. The van der Waals surface area contributed by atoms with Gasteiger partial charge in [0.1, 0.15) is 5.69 Å². The topological polar surface area (TPSA) is 72.1 Å². The average Bonchev–Trinajstić information content (AvgIpc) is 3.17. The van der Waals surface area contributed by atoms with E-state index in [2.05, 4.69) is 40.7 Å². The van der Waals surface area contributed by atoms with Gasteiger partial charge in [-0.2, -0.15) is 5.10 Å². The zero-order valence-electron chi connectivity index (χ0n) is 18.6. The van der Waals surface area contributed by atoms with Crippen molar-refractivity contribution in [3.05, 3.63) is 70.9 Å². The van der Waals surface area contributed by atoms with Gasteiger partial charge in [0.25, 0.3) is 5.56 Å². The van der Waals surface area contributed by atoms with Gasteiger partial charge in [0.2, 0.25) is 0 Å². The minimum Gasteiger partial charge on any atom is -0.389 e. The van der Waals surface area contributed by atoms with Gasteiger partial charge in [0.15, 0.2) is 0 Å². The van der Waals surface area contributed by atoms with E-state index in [4.69, 9.17) is 0 Å². The van der Waals surface area contributed by atoms with E-state index in [1.54, 1.807) is 29.3 Å². The summed E-state index contributed by atoms with van der Waals surface area (Å²) < 4.78 is 3.36. The third-order valence-electron chi connectivity index (χ3n) is 6.04. The van der Waals surface area contributed by atoms with E-state index in [1.807, 2.05) is 25.5 Å². The summed E-state index contributed by atoms with van der Waals surface area (Å²) in [4.78, 5) is 13.2. The van der Waals surface area contributed by atoms with Crippen LogP contribution in [0, 0.1) is 0 Å². The second-order valence-electron chi connectivity index (χ2n) is 9.39. The van der Waals surface area contributed by atoms with E-state index in [0.717, 1.165) is 36.8 Å². The molecule has 2 heterocycles. The Kier molecular flexibility index (Phi) is 6.01. The summed E-state index contributed by atoms with van der Waals surface area (Å²) in [5.41, 5.74) is 2.78. The summed E-state index contributed by atoms with van der Waals surface area (Å²) in [6.07, 6.45) is 9.83. The number of pyridine rings is 1. The molecular weight excluding hydrogens is 388 g/mol. The molecule has 1 aliphatic rings. The first-order chi connectivity index (χ1) is 14.8. The Balaban J connectivity index is 1.56. The van der Waals surface area contributed by atoms with Gasteiger partial charge >= 0.3 is 0 Å². The number of anilines is 1. The molecule has 0 saturated heterocycles. The van der Waals surface area contributed by atoms with Gasteiger partial charge in [-0.25, -0.2) is 0 Å². The molecule has 0 radical (unpaired) electrons. The summed E-state index contributed by atoms with van der Waals surface area (Å²) in [5.74, 6) is 0.591. The fraction of sp³-hybridized carbons (Fsp3) is 0.440. The van der Waals surface area contributed by atoms with E-state index in [0.29, 0.717) is 11.6 Å². The van der Waals surface area contributed by atoms with Gasteiger partial charge < -0.3 is 15.0 Å². The molecule has 0 bridgehead atoms. The molecule has 2 aromatic heterocycles. The van der Waals surface area contributed by atoms with Crippen molar-refractivity contribution in [3.63, 3.8) is 0 Å². The van der Waals surface area contributed by atoms with Crippen molar-refractivity contribution in [2.75, 3.05) is 5.32 Å². The molecule has 31 heavy (non-hydrogen) atoms. The van der Waals surface area contributed by atoms with Crippen molar-refractivity contribution in [2.24, 2.45) is 7.05 Å². The Morgan fingerprint density at radius 2 is 1.81 bits per heavy atom. The largest absolute Gasteiger partial charge is 0.389 e. The van der Waals surface area contributed by atoms with E-state index < -0.39 is 5.60 Å². The van der Waals surface area contributed by atoms with Crippen LogP contribution in [0.4, 0.5) is 5.69 Å². The third kappa shape index (κ3) is 5.25. The molecule has 1 saturated carbocycles. The first-order valence-corrected chi connectivity index (χ1v) is 11.1. The van der Waals surface area contributed by atoms with Crippen LogP contribution in [0.25, 0.3) is 11.1 Å². The Morgan fingerprint density at radius 3 is 2.42 bits per heavy atom. The van der Waals surface area contributed by atoms with Crippen LogP contribution in [0.5, 0.6) is 0 Å². The molecule has 2 N–H and O–H groups in total. The molecule has 0 aliphatic heterocycles. The third-order valence-corrected chi connectivity index (χ3v) is 6.04. The highest BCUT2D eigenvalue weighted by atomic mass is 16.3. The van der Waals surface area contributed by atoms with Gasteiger partial charge in [-0.15, -0.1) is 0 Å². The highest BCUT2D eigenvalue weighted by Crippen LogP contribution is 2.34. The lowest BCUT2D eigenvalue weighted by Crippen LogP contribution is -2.35. The van der Waals surface area contributed by atoms with E-state index in [9.17, 15) is 9.90 Å². The lowest BCUT2D eigenvalue weighted by Gasteiger charge is -2.30. The number of benzene rings is 1. The van der Waals surface area contributed by atoms with Crippen molar-refractivity contribution in [2.45, 2.75) is 63.6 Å². The van der Waals surface area contributed by atoms with Crippen molar-refractivity contribution < 1.29 is 5.11 Å². The van der Waals surface area contributed by atoms with Crippen LogP contribution in [0.1, 0.15) is 51.0 Å². The van der Waals surface area contributed by atoms with Gasteiger partial charge in [-0.3, -0.25) is 9.48 Å². The number of aromatic nitrogens is 3. The predicted molar refractivity (Wildman–Crippen MR) is 124 cm³/mol. The highest BCUT2D eigenvalue weighted by Gasteiger charge is 2.24. The van der Waals surface area contributed by atoms with Crippen LogP contribution in [-0.4, -0.2) is 31.1 Å². The van der Waals surface area contributed by atoms with Crippen LogP contribution in [0.15, 0.2) is 59.8 Å². The zero-order valence-corrected chi connectivity index (χ0v) is 18.6. The molecule has 164 valence electrons. The van der Waals surface area contributed by atoms with Gasteiger partial charge in [-0.1, -0.05) is 30.3 Å². The van der Waals surface area contributed by atoms with Crippen molar-refractivity contribution >= 4 is 5.69 Å². The lowest BCUT2D eigenvalue weighted by atomic mass is 9.82. The monoisotopic (exact) mass is 420 g/mol. The van der Waals surface area contributed by atoms with Crippen molar-refractivity contribution in [1.82, 2.24) is 14.3 Å². The number of aryl methyl sites for hydroxylation is 1. The molecule has 0 spiro atoms. The average molecular weight is 421 g/mol. The van der Waals surface area contributed by atoms with Gasteiger partial charge in [0, 0.05) is 36.6 Å². The Labute approximate surface area is 183 Å². The molecular formula is C25H32N4O2. The summed E-state index contributed by atoms with van der Waals surface area (Å²) >= 11 is 0. The molecule has 1 aromatic carbocycles. The molecule has 4 rings (SSSR count). The maximum atomic E-state index is 13.2. The number of nitrogens with one attached hydrogen (secondary N) is 1. The van der Waals surface area contributed by atoms with Crippen LogP contribution < -0.4 is 10.9 Å². The maximum absolute atomic E-state index is 13.2. The minimum absolute atomic E-state index is 0.0973. The second kappa shape index (κ2) is 8.71. The van der Waals surface area contributed by atoms with Crippen LogP contribution in [-0.2, 0) is 13.6 Å². The van der Waals surface area contributed by atoms with E-state index in [1.165, 1.54) is 5.56 Å². The standard InChI is InChI=1S/C25H32N4O2/c1-25(2,31)17-29-16-20(21-14-26-28(3)15-21)13-23(24(29)30)27-22-11-9-19(10-12-22)18-7-5-4-6-8-18/h4-8,13-16,19,22,27,31H,9-12,17H2,1-3H3. The molecule has 3 aromatic rings. The number of nitrogens with zero attached hydrogens (tertiary/aromatic N) is 3. The Morgan fingerprint density at radius 1 is 1.10 bits per heavy atom. The Bertz CT molecular complexity index is 1070. The molecule has 1 aliphatic carbocycles. The fourth-order valence-electron chi connectivity index (χ4n) is 4.52. The van der Waals surface area contributed by atoms with Gasteiger partial charge in [0.05, 0.1) is 18.3 Å². The molecule has 1 fully saturated rings. The highest BCUT2D eigenvalue weighted by molar-refractivity contribution is 5.65. The number of rotatable bonds is 6. The van der Waals surface area contributed by atoms with Crippen LogP contribution >= 0.6 is 0 Å². The molecule has 6 nitrogen and oxygen atoms in total. The SMILES string of the molecule is Cn1cc(-c2cc(NC3CCC(c4ccccc4)CC3)c(=O)n(CC(C)(C)O)c2)cn1. The number of aliphatic hydroxyl groups is 1. The van der Waals surface area contributed by atoms with Crippen molar-refractivity contribution in [1.29, 1.82) is 0 Å². The van der Waals surface area contributed by atoms with Crippen LogP contribution in [0.2, 0.25) is 0 Å². The van der Waals surface area contributed by atoms with E-state index >= 15 is 0 Å². The molecule has 0 atom stereocenters. The minimum atomic E-state index is -0.984. The summed E-state index contributed by atoms with van der Waals surface area (Å²) in [6, 6.07) is 12.9. The molecule has 0 amide bonds. The molecule has 0 unspecified atom stereocenters. The first kappa shape index (κ1) is 21.4. The smallest absolute Gasteiger partial charge is 0.274 e. The summed E-state index contributed by atoms with van der Waals surface area (Å²) in [6.45, 7) is 3.66. The summed E-state index contributed by atoms with van der Waals surface area (Å²) in [5, 5.41) is 18.1. The second-order valence-corrected chi connectivity index (χ2v) is 9.39. The van der Waals surface area contributed by atoms with Gasteiger partial charge in [-0.05, 0) is 57.1 Å². The lowest BCUT2D eigenvalue weighted by molar-refractivity contribution is 0.0605.